The Morgan fingerprint density at radius 3 is 2.67 bits per heavy atom. The maximum atomic E-state index is 12.9. The minimum Gasteiger partial charge on any atom is -0.504 e. The fourth-order valence-electron chi connectivity index (χ4n) is 4.18. The summed E-state index contributed by atoms with van der Waals surface area (Å²) in [6, 6.07) is 17.0. The maximum Gasteiger partial charge on any atom is 0.327 e. The van der Waals surface area contributed by atoms with Gasteiger partial charge in [0.2, 0.25) is 0 Å². The van der Waals surface area contributed by atoms with E-state index < -0.39 is 17.2 Å². The molecular weight excluding hydrogens is 382 g/mol. The lowest BCUT2D eigenvalue weighted by Gasteiger charge is -2.30. The number of fused-ring (bicyclic) bond motifs is 4. The minimum atomic E-state index is -0.574. The second-order valence-electron chi connectivity index (χ2n) is 7.16. The molecule has 4 aromatic rings. The van der Waals surface area contributed by atoms with Gasteiger partial charge in [0.05, 0.1) is 12.2 Å². The van der Waals surface area contributed by atoms with E-state index in [2.05, 4.69) is 15.3 Å². The maximum absolute atomic E-state index is 12.9. The molecule has 4 N–H and O–H groups in total. The molecule has 150 valence electrons. The standard InChI is InChI=1S/C23H19N3O4/c1-2-30-17-11-13(8-10-16(17)27)18-19-14-6-4-3-5-12(14)7-9-15(19)24-21-20(18)22(28)26-23(29)25-21/h3-11,18,27H,2H2,1H3,(H3,24,25,26,28,29)/t18-/m1/s1. The monoisotopic (exact) mass is 401 g/mol. The fraction of sp³-hybridized carbons (Fsp3) is 0.130. The first-order chi connectivity index (χ1) is 14.6. The summed E-state index contributed by atoms with van der Waals surface area (Å²) < 4.78 is 5.57. The van der Waals surface area contributed by atoms with E-state index in [1.807, 2.05) is 43.3 Å². The average Bonchev–Trinajstić information content (AvgIpc) is 2.73. The lowest BCUT2D eigenvalue weighted by molar-refractivity contribution is 0.317. The van der Waals surface area contributed by atoms with Crippen LogP contribution in [0.4, 0.5) is 11.5 Å². The number of hydrogen-bond donors (Lipinski definition) is 4. The van der Waals surface area contributed by atoms with E-state index in [-0.39, 0.29) is 5.75 Å². The third-order valence-corrected chi connectivity index (χ3v) is 5.40. The van der Waals surface area contributed by atoms with Crippen molar-refractivity contribution in [2.24, 2.45) is 0 Å². The smallest absolute Gasteiger partial charge is 0.327 e. The first-order valence-electron chi connectivity index (χ1n) is 9.67. The van der Waals surface area contributed by atoms with Gasteiger partial charge in [-0.3, -0.25) is 14.8 Å². The van der Waals surface area contributed by atoms with Crippen molar-refractivity contribution in [3.05, 3.63) is 92.1 Å². The van der Waals surface area contributed by atoms with Crippen LogP contribution >= 0.6 is 0 Å². The van der Waals surface area contributed by atoms with E-state index in [0.29, 0.717) is 23.7 Å². The van der Waals surface area contributed by atoms with Crippen LogP contribution in [0.5, 0.6) is 11.5 Å². The summed E-state index contributed by atoms with van der Waals surface area (Å²) in [5.74, 6) is 0.270. The first kappa shape index (κ1) is 18.1. The zero-order chi connectivity index (χ0) is 20.8. The number of hydrogen-bond acceptors (Lipinski definition) is 5. The number of phenolic OH excluding ortho intramolecular Hbond substituents is 1. The molecule has 0 saturated carbocycles. The lowest BCUT2D eigenvalue weighted by atomic mass is 9.80. The molecule has 7 nitrogen and oxygen atoms in total. The van der Waals surface area contributed by atoms with Gasteiger partial charge >= 0.3 is 5.69 Å². The molecule has 0 fully saturated rings. The molecule has 1 aromatic heterocycles. The number of aromatic nitrogens is 2. The predicted molar refractivity (Wildman–Crippen MR) is 115 cm³/mol. The molecule has 5 rings (SSSR count). The van der Waals surface area contributed by atoms with Gasteiger partial charge in [-0.25, -0.2) is 4.79 Å². The zero-order valence-electron chi connectivity index (χ0n) is 16.2. The molecule has 30 heavy (non-hydrogen) atoms. The van der Waals surface area contributed by atoms with Crippen molar-refractivity contribution in [2.75, 3.05) is 11.9 Å². The van der Waals surface area contributed by atoms with Crippen molar-refractivity contribution in [3.63, 3.8) is 0 Å². The molecule has 0 amide bonds. The van der Waals surface area contributed by atoms with Gasteiger partial charge in [0.15, 0.2) is 11.5 Å². The van der Waals surface area contributed by atoms with Crippen molar-refractivity contribution in [2.45, 2.75) is 12.8 Å². The van der Waals surface area contributed by atoms with E-state index in [1.165, 1.54) is 0 Å². The Kier molecular flexibility index (Phi) is 4.10. The van der Waals surface area contributed by atoms with Gasteiger partial charge in [0.1, 0.15) is 5.82 Å². The number of phenols is 1. The van der Waals surface area contributed by atoms with Crippen LogP contribution in [-0.4, -0.2) is 21.7 Å². The third-order valence-electron chi connectivity index (χ3n) is 5.40. The molecule has 0 saturated heterocycles. The van der Waals surface area contributed by atoms with Gasteiger partial charge in [0.25, 0.3) is 5.56 Å². The van der Waals surface area contributed by atoms with E-state index in [4.69, 9.17) is 4.74 Å². The van der Waals surface area contributed by atoms with Crippen LogP contribution in [0.2, 0.25) is 0 Å². The summed E-state index contributed by atoms with van der Waals surface area (Å²) >= 11 is 0. The summed E-state index contributed by atoms with van der Waals surface area (Å²) in [4.78, 5) is 29.9. The fourth-order valence-corrected chi connectivity index (χ4v) is 4.18. The molecule has 2 heterocycles. The largest absolute Gasteiger partial charge is 0.504 e. The van der Waals surface area contributed by atoms with Crippen LogP contribution in [0.1, 0.15) is 29.5 Å². The number of rotatable bonds is 3. The highest BCUT2D eigenvalue weighted by molar-refractivity contribution is 5.94. The summed E-state index contributed by atoms with van der Waals surface area (Å²) in [5, 5.41) is 15.4. The highest BCUT2D eigenvalue weighted by Crippen LogP contribution is 2.46. The summed E-state index contributed by atoms with van der Waals surface area (Å²) in [6.45, 7) is 2.23. The predicted octanol–water partition coefficient (Wildman–Crippen LogP) is 3.56. The second-order valence-corrected chi connectivity index (χ2v) is 7.16. The van der Waals surface area contributed by atoms with Crippen molar-refractivity contribution in [1.29, 1.82) is 0 Å². The van der Waals surface area contributed by atoms with Crippen LogP contribution in [0, 0.1) is 0 Å². The summed E-state index contributed by atoms with van der Waals surface area (Å²) in [6.07, 6.45) is 0. The highest BCUT2D eigenvalue weighted by Gasteiger charge is 2.32. The highest BCUT2D eigenvalue weighted by atomic mass is 16.5. The van der Waals surface area contributed by atoms with Gasteiger partial charge in [-0.05, 0) is 47.0 Å². The Balaban J connectivity index is 1.86. The molecule has 3 aromatic carbocycles. The van der Waals surface area contributed by atoms with Gasteiger partial charge in [-0.15, -0.1) is 0 Å². The number of aromatic hydroxyl groups is 1. The number of ether oxygens (including phenoxy) is 1. The quantitative estimate of drug-likeness (QED) is 0.370. The molecule has 1 aliphatic rings. The lowest BCUT2D eigenvalue weighted by Crippen LogP contribution is -2.31. The molecule has 0 spiro atoms. The molecule has 1 aliphatic heterocycles. The Bertz CT molecular complexity index is 1400. The van der Waals surface area contributed by atoms with Gasteiger partial charge in [-0.2, -0.15) is 0 Å². The molecular formula is C23H19N3O4. The number of benzene rings is 3. The molecule has 0 radical (unpaired) electrons. The normalized spacial score (nSPS) is 14.6. The van der Waals surface area contributed by atoms with Crippen LogP contribution in [-0.2, 0) is 0 Å². The van der Waals surface area contributed by atoms with Gasteiger partial charge < -0.3 is 15.2 Å². The minimum absolute atomic E-state index is 0.0308. The van der Waals surface area contributed by atoms with Gasteiger partial charge in [-0.1, -0.05) is 36.4 Å². The van der Waals surface area contributed by atoms with Gasteiger partial charge in [0, 0.05) is 11.6 Å². The van der Waals surface area contributed by atoms with E-state index >= 15 is 0 Å². The Labute approximate surface area is 171 Å². The van der Waals surface area contributed by atoms with E-state index in [9.17, 15) is 14.7 Å². The van der Waals surface area contributed by atoms with Crippen molar-refractivity contribution >= 4 is 22.3 Å². The molecule has 0 unspecified atom stereocenters. The molecule has 0 bridgehead atoms. The zero-order valence-corrected chi connectivity index (χ0v) is 16.2. The first-order valence-corrected chi connectivity index (χ1v) is 9.67. The number of anilines is 2. The molecule has 1 atom stereocenters. The number of H-pyrrole nitrogens is 2. The molecule has 7 heteroatoms. The van der Waals surface area contributed by atoms with Crippen LogP contribution in [0.15, 0.2) is 64.2 Å². The van der Waals surface area contributed by atoms with Crippen LogP contribution in [0.25, 0.3) is 10.8 Å². The third kappa shape index (κ3) is 2.75. The number of aromatic amines is 2. The van der Waals surface area contributed by atoms with Crippen molar-refractivity contribution in [1.82, 2.24) is 9.97 Å². The Morgan fingerprint density at radius 2 is 1.83 bits per heavy atom. The summed E-state index contributed by atoms with van der Waals surface area (Å²) in [5.41, 5.74) is 1.87. The second kappa shape index (κ2) is 6.81. The number of nitrogens with one attached hydrogen (secondary N) is 3. The van der Waals surface area contributed by atoms with E-state index in [0.717, 1.165) is 27.6 Å². The van der Waals surface area contributed by atoms with Crippen LogP contribution in [0.3, 0.4) is 0 Å². The van der Waals surface area contributed by atoms with Crippen molar-refractivity contribution in [3.8, 4) is 11.5 Å². The topological polar surface area (TPSA) is 107 Å². The summed E-state index contributed by atoms with van der Waals surface area (Å²) in [7, 11) is 0. The van der Waals surface area contributed by atoms with Crippen molar-refractivity contribution < 1.29 is 9.84 Å². The molecule has 0 aliphatic carbocycles. The Morgan fingerprint density at radius 1 is 1.00 bits per heavy atom. The SMILES string of the molecule is CCOc1cc([C@H]2c3c([nH]c(=O)[nH]c3=O)Nc3ccc4ccccc4c32)ccc1O. The Hall–Kier alpha value is -4.00. The van der Waals surface area contributed by atoms with Crippen LogP contribution < -0.4 is 21.3 Å². The average molecular weight is 401 g/mol. The van der Waals surface area contributed by atoms with E-state index in [1.54, 1.807) is 18.2 Å².